The molecule has 0 saturated heterocycles. The molecule has 0 aromatic carbocycles. The molecular formula is C6H12N6. The summed E-state index contributed by atoms with van der Waals surface area (Å²) in [5.41, 5.74) is 2.40. The number of rotatable bonds is 1. The van der Waals surface area contributed by atoms with Gasteiger partial charge in [-0.05, 0) is 0 Å². The summed E-state index contributed by atoms with van der Waals surface area (Å²) in [6.45, 7) is 0. The molecule has 0 amide bonds. The van der Waals surface area contributed by atoms with Gasteiger partial charge >= 0.3 is 0 Å². The number of aliphatic imine (C=N–C) groups is 1. The fraction of sp³-hybridized carbons (Fsp3) is 0.333. The van der Waals surface area contributed by atoms with E-state index in [0.717, 1.165) is 0 Å². The minimum Gasteiger partial charge on any atom is -0.308 e. The van der Waals surface area contributed by atoms with Crippen LogP contribution in [0.15, 0.2) is 17.3 Å². The van der Waals surface area contributed by atoms with Crippen molar-refractivity contribution in [1.82, 2.24) is 15.2 Å². The minimum atomic E-state index is 0.480. The van der Waals surface area contributed by atoms with E-state index in [1.807, 2.05) is 19.3 Å². The molecule has 1 aromatic heterocycles. The lowest BCUT2D eigenvalue weighted by molar-refractivity contribution is 0.771. The average Bonchev–Trinajstić information content (AvgIpc) is 2.47. The highest BCUT2D eigenvalue weighted by atomic mass is 15.4. The first-order valence-electron chi connectivity index (χ1n) is 3.46. The van der Waals surface area contributed by atoms with Crippen LogP contribution < -0.4 is 16.6 Å². The van der Waals surface area contributed by atoms with E-state index in [0.29, 0.717) is 11.8 Å². The Bertz CT molecular complexity index is 275. The average molecular weight is 168 g/mol. The zero-order valence-electron chi connectivity index (χ0n) is 7.07. The lowest BCUT2D eigenvalue weighted by atomic mass is 10.6. The van der Waals surface area contributed by atoms with Gasteiger partial charge in [0.1, 0.15) is 0 Å². The molecule has 6 heteroatoms. The number of hydrogen-bond acceptors (Lipinski definition) is 3. The molecule has 0 spiro atoms. The van der Waals surface area contributed by atoms with E-state index >= 15 is 0 Å². The number of hydrazine groups is 1. The lowest BCUT2D eigenvalue weighted by Gasteiger charge is -2.03. The first-order valence-corrected chi connectivity index (χ1v) is 3.46. The minimum absolute atomic E-state index is 0.480. The molecule has 0 atom stereocenters. The normalized spacial score (nSPS) is 11.4. The highest BCUT2D eigenvalue weighted by molar-refractivity contribution is 5.92. The second-order valence-corrected chi connectivity index (χ2v) is 2.22. The molecule has 6 nitrogen and oxygen atoms in total. The van der Waals surface area contributed by atoms with Gasteiger partial charge < -0.3 is 5.32 Å². The predicted molar refractivity (Wildman–Crippen MR) is 47.5 cm³/mol. The van der Waals surface area contributed by atoms with Gasteiger partial charge in [0.2, 0.25) is 5.96 Å². The maximum Gasteiger partial charge on any atom is 0.211 e. The second kappa shape index (κ2) is 3.72. The van der Waals surface area contributed by atoms with Crippen LogP contribution >= 0.6 is 0 Å². The smallest absolute Gasteiger partial charge is 0.211 e. The SMILES string of the molecule is CN=C(NN)Nc1ccn(C)n1. The third-order valence-electron chi connectivity index (χ3n) is 1.32. The van der Waals surface area contributed by atoms with Gasteiger partial charge in [-0.1, -0.05) is 0 Å². The number of anilines is 1. The number of aromatic nitrogens is 2. The third-order valence-corrected chi connectivity index (χ3v) is 1.32. The monoisotopic (exact) mass is 168 g/mol. The number of guanidine groups is 1. The van der Waals surface area contributed by atoms with Crippen molar-refractivity contribution in [3.63, 3.8) is 0 Å². The topological polar surface area (TPSA) is 80.3 Å². The summed E-state index contributed by atoms with van der Waals surface area (Å²) >= 11 is 0. The maximum atomic E-state index is 5.16. The standard InChI is InChI=1S/C6H12N6/c1-8-6(10-7)9-5-3-4-12(2)11-5/h3-4H,7H2,1-2H3,(H2,8,9,10,11). The van der Waals surface area contributed by atoms with E-state index in [9.17, 15) is 0 Å². The summed E-state index contributed by atoms with van der Waals surface area (Å²) in [5, 5.41) is 6.96. The van der Waals surface area contributed by atoms with E-state index in [1.165, 1.54) is 0 Å². The van der Waals surface area contributed by atoms with Crippen molar-refractivity contribution < 1.29 is 0 Å². The van der Waals surface area contributed by atoms with Crippen LogP contribution in [-0.4, -0.2) is 22.8 Å². The van der Waals surface area contributed by atoms with Gasteiger partial charge in [-0.3, -0.25) is 15.1 Å². The van der Waals surface area contributed by atoms with Crippen LogP contribution in [0.2, 0.25) is 0 Å². The number of nitrogens with two attached hydrogens (primary N) is 1. The van der Waals surface area contributed by atoms with E-state index in [2.05, 4.69) is 20.8 Å². The molecule has 4 N–H and O–H groups in total. The fourth-order valence-electron chi connectivity index (χ4n) is 0.760. The Labute approximate surface area is 70.4 Å². The highest BCUT2D eigenvalue weighted by Gasteiger charge is 1.97. The Kier molecular flexibility index (Phi) is 2.65. The van der Waals surface area contributed by atoms with Crippen molar-refractivity contribution in [1.29, 1.82) is 0 Å². The summed E-state index contributed by atoms with van der Waals surface area (Å²) in [4.78, 5) is 3.83. The summed E-state index contributed by atoms with van der Waals surface area (Å²) in [6, 6.07) is 1.82. The summed E-state index contributed by atoms with van der Waals surface area (Å²) in [7, 11) is 3.47. The molecule has 1 heterocycles. The zero-order chi connectivity index (χ0) is 8.97. The first kappa shape index (κ1) is 8.54. The van der Waals surface area contributed by atoms with Gasteiger partial charge in [-0.2, -0.15) is 5.10 Å². The van der Waals surface area contributed by atoms with Crippen molar-refractivity contribution in [3.8, 4) is 0 Å². The van der Waals surface area contributed by atoms with Crippen molar-refractivity contribution in [2.45, 2.75) is 0 Å². The van der Waals surface area contributed by atoms with E-state index in [1.54, 1.807) is 11.7 Å². The van der Waals surface area contributed by atoms with Crippen molar-refractivity contribution >= 4 is 11.8 Å². The van der Waals surface area contributed by atoms with Crippen LogP contribution in [0, 0.1) is 0 Å². The molecule has 1 aromatic rings. The summed E-state index contributed by atoms with van der Waals surface area (Å²) in [5.74, 6) is 6.35. The molecule has 0 unspecified atom stereocenters. The van der Waals surface area contributed by atoms with Crippen LogP contribution in [0.5, 0.6) is 0 Å². The Balaban J connectivity index is 2.63. The van der Waals surface area contributed by atoms with Crippen LogP contribution in [0.1, 0.15) is 0 Å². The molecule has 0 fully saturated rings. The summed E-state index contributed by atoms with van der Waals surface area (Å²) < 4.78 is 1.69. The van der Waals surface area contributed by atoms with Crippen molar-refractivity contribution in [2.24, 2.45) is 17.9 Å². The van der Waals surface area contributed by atoms with Gasteiger partial charge in [-0.15, -0.1) is 0 Å². The van der Waals surface area contributed by atoms with Gasteiger partial charge in [-0.25, -0.2) is 5.84 Å². The molecule has 66 valence electrons. The molecule has 1 rings (SSSR count). The molecule has 0 aliphatic rings. The second-order valence-electron chi connectivity index (χ2n) is 2.22. The molecule has 0 bridgehead atoms. The summed E-state index contributed by atoms with van der Waals surface area (Å²) in [6.07, 6.45) is 1.83. The quantitative estimate of drug-likeness (QED) is 0.224. The van der Waals surface area contributed by atoms with Crippen LogP contribution in [0.4, 0.5) is 5.82 Å². The molecule has 0 radical (unpaired) electrons. The van der Waals surface area contributed by atoms with E-state index < -0.39 is 0 Å². The van der Waals surface area contributed by atoms with Crippen LogP contribution in [0.3, 0.4) is 0 Å². The molecule has 0 aliphatic heterocycles. The number of nitrogens with one attached hydrogen (secondary N) is 2. The van der Waals surface area contributed by atoms with Crippen LogP contribution in [-0.2, 0) is 7.05 Å². The van der Waals surface area contributed by atoms with Gasteiger partial charge in [0, 0.05) is 26.4 Å². The third kappa shape index (κ3) is 1.96. The molecule has 12 heavy (non-hydrogen) atoms. The largest absolute Gasteiger partial charge is 0.308 e. The molecule has 0 aliphatic carbocycles. The van der Waals surface area contributed by atoms with Crippen LogP contribution in [0.25, 0.3) is 0 Å². The highest BCUT2D eigenvalue weighted by Crippen LogP contribution is 1.99. The van der Waals surface area contributed by atoms with Crippen molar-refractivity contribution in [2.75, 3.05) is 12.4 Å². The Morgan fingerprint density at radius 1 is 1.75 bits per heavy atom. The molecule has 0 saturated carbocycles. The van der Waals surface area contributed by atoms with Gasteiger partial charge in [0.05, 0.1) is 0 Å². The number of aryl methyl sites for hydroxylation is 1. The molecular weight excluding hydrogens is 156 g/mol. The zero-order valence-corrected chi connectivity index (χ0v) is 7.07. The number of hydrogen-bond donors (Lipinski definition) is 3. The Morgan fingerprint density at radius 2 is 2.50 bits per heavy atom. The van der Waals surface area contributed by atoms with E-state index in [-0.39, 0.29) is 0 Å². The van der Waals surface area contributed by atoms with E-state index in [4.69, 9.17) is 5.84 Å². The first-order chi connectivity index (χ1) is 5.76. The van der Waals surface area contributed by atoms with Crippen molar-refractivity contribution in [3.05, 3.63) is 12.3 Å². The van der Waals surface area contributed by atoms with Gasteiger partial charge in [0.15, 0.2) is 5.82 Å². The number of nitrogens with zero attached hydrogens (tertiary/aromatic N) is 3. The Morgan fingerprint density at radius 3 is 2.92 bits per heavy atom. The van der Waals surface area contributed by atoms with Gasteiger partial charge in [0.25, 0.3) is 0 Å². The maximum absolute atomic E-state index is 5.16. The lowest BCUT2D eigenvalue weighted by Crippen LogP contribution is -2.36. The predicted octanol–water partition coefficient (Wildman–Crippen LogP) is -0.719. The fourth-order valence-corrected chi connectivity index (χ4v) is 0.760. The Hall–Kier alpha value is -1.56.